The standard InChI is InChI=1S/C28H24ClF3N4O4S/c29-17-7-8-18(19(11-17)16-2-1-9-39-12-16)24(28(30,31)32)40-25-23-22(35-27(34)36-25)20(13-41-23)15-5-3-14(4-6-15)10-21(33)26(37)38/h2-8,11,13,21,24H,1,9-10,12,33H2,(H,37,38)(H2,34,35,36). The Morgan fingerprint density at radius 1 is 1.17 bits per heavy atom. The van der Waals surface area contributed by atoms with Crippen molar-refractivity contribution in [3.05, 3.63) is 75.6 Å². The largest absolute Gasteiger partial charge is 0.480 e. The lowest BCUT2D eigenvalue weighted by Crippen LogP contribution is -2.32. The van der Waals surface area contributed by atoms with Gasteiger partial charge in [0.1, 0.15) is 10.7 Å². The van der Waals surface area contributed by atoms with Gasteiger partial charge in [-0.05, 0) is 47.2 Å². The van der Waals surface area contributed by atoms with Crippen LogP contribution in [0, 0.1) is 0 Å². The Bertz CT molecular complexity index is 1630. The van der Waals surface area contributed by atoms with Crippen LogP contribution in [0.2, 0.25) is 5.02 Å². The highest BCUT2D eigenvalue weighted by atomic mass is 35.5. The first-order chi connectivity index (χ1) is 19.5. The summed E-state index contributed by atoms with van der Waals surface area (Å²) in [6.45, 7) is 0.633. The highest BCUT2D eigenvalue weighted by Crippen LogP contribution is 2.44. The Balaban J connectivity index is 1.53. The van der Waals surface area contributed by atoms with E-state index in [0.717, 1.165) is 11.3 Å². The number of thiophene rings is 1. The summed E-state index contributed by atoms with van der Waals surface area (Å²) in [5.41, 5.74) is 14.7. The number of halogens is 4. The average molecular weight is 605 g/mol. The Morgan fingerprint density at radius 2 is 1.93 bits per heavy atom. The third kappa shape index (κ3) is 6.30. The number of aromatic nitrogens is 2. The molecule has 13 heteroatoms. The summed E-state index contributed by atoms with van der Waals surface area (Å²) in [6, 6.07) is 10.1. The number of fused-ring (bicyclic) bond motifs is 1. The molecule has 0 spiro atoms. The Hall–Kier alpha value is -3.71. The number of hydrogen-bond acceptors (Lipinski definition) is 8. The second kappa shape index (κ2) is 11.6. The van der Waals surface area contributed by atoms with Crippen LogP contribution < -0.4 is 16.2 Å². The molecule has 0 saturated carbocycles. The van der Waals surface area contributed by atoms with Gasteiger partial charge in [0.05, 0.1) is 18.7 Å². The monoisotopic (exact) mass is 604 g/mol. The lowest BCUT2D eigenvalue weighted by Gasteiger charge is -2.26. The SMILES string of the molecule is Nc1nc(OC(c2ccc(Cl)cc2C2=CCCOC2)C(F)(F)F)c2scc(-c3ccc(CC(N)C(=O)O)cc3)c2n1. The number of nitrogen functional groups attached to an aromatic ring is 1. The highest BCUT2D eigenvalue weighted by Gasteiger charge is 2.45. The second-order valence-corrected chi connectivity index (χ2v) is 10.7. The lowest BCUT2D eigenvalue weighted by molar-refractivity contribution is -0.198. The zero-order valence-corrected chi connectivity index (χ0v) is 22.9. The molecule has 41 heavy (non-hydrogen) atoms. The van der Waals surface area contributed by atoms with E-state index in [9.17, 15) is 18.0 Å². The summed E-state index contributed by atoms with van der Waals surface area (Å²) in [6.07, 6.45) is -4.65. The number of hydrogen-bond donors (Lipinski definition) is 3. The molecule has 0 amide bonds. The molecule has 2 unspecified atom stereocenters. The number of nitrogens with zero attached hydrogens (tertiary/aromatic N) is 2. The molecule has 0 bridgehead atoms. The third-order valence-electron chi connectivity index (χ3n) is 6.52. The van der Waals surface area contributed by atoms with Gasteiger partial charge < -0.3 is 26.0 Å². The molecule has 1 aliphatic rings. The molecule has 2 atom stereocenters. The van der Waals surface area contributed by atoms with Crippen LogP contribution in [-0.2, 0) is 16.0 Å². The van der Waals surface area contributed by atoms with Gasteiger partial charge in [-0.2, -0.15) is 18.2 Å². The average Bonchev–Trinajstić information content (AvgIpc) is 3.36. The number of aliphatic carboxylic acids is 1. The van der Waals surface area contributed by atoms with E-state index in [1.54, 1.807) is 29.6 Å². The molecule has 2 aromatic carbocycles. The van der Waals surface area contributed by atoms with Gasteiger partial charge in [-0.1, -0.05) is 48.0 Å². The smallest absolute Gasteiger partial charge is 0.429 e. The maximum Gasteiger partial charge on any atom is 0.429 e. The van der Waals surface area contributed by atoms with E-state index in [4.69, 9.17) is 37.6 Å². The van der Waals surface area contributed by atoms with Crippen molar-refractivity contribution in [1.29, 1.82) is 0 Å². The molecule has 0 saturated heterocycles. The van der Waals surface area contributed by atoms with Gasteiger partial charge in [-0.15, -0.1) is 11.3 Å². The molecule has 1 aliphatic heterocycles. The molecule has 0 radical (unpaired) electrons. The summed E-state index contributed by atoms with van der Waals surface area (Å²) in [5, 5.41) is 11.1. The summed E-state index contributed by atoms with van der Waals surface area (Å²) >= 11 is 7.29. The maximum absolute atomic E-state index is 14.6. The predicted octanol–water partition coefficient (Wildman–Crippen LogP) is 6.03. The fourth-order valence-electron chi connectivity index (χ4n) is 4.55. The first-order valence-electron chi connectivity index (χ1n) is 12.4. The van der Waals surface area contributed by atoms with E-state index in [1.807, 2.05) is 6.08 Å². The second-order valence-electron chi connectivity index (χ2n) is 9.40. The molecule has 214 valence electrons. The quantitative estimate of drug-likeness (QED) is 0.222. The summed E-state index contributed by atoms with van der Waals surface area (Å²) in [5.74, 6) is -1.66. The molecule has 3 heterocycles. The molecular formula is C28H24ClF3N4O4S. The van der Waals surface area contributed by atoms with Crippen LogP contribution in [0.4, 0.5) is 19.1 Å². The van der Waals surface area contributed by atoms with Crippen molar-refractivity contribution in [3.8, 4) is 17.0 Å². The Kier molecular flexibility index (Phi) is 8.18. The Morgan fingerprint density at radius 3 is 2.59 bits per heavy atom. The number of carbonyl (C=O) groups is 1. The maximum atomic E-state index is 14.6. The van der Waals surface area contributed by atoms with Gasteiger partial charge in [0.2, 0.25) is 17.9 Å². The van der Waals surface area contributed by atoms with Crippen LogP contribution in [0.1, 0.15) is 29.2 Å². The van der Waals surface area contributed by atoms with Gasteiger partial charge in [0.25, 0.3) is 0 Å². The van der Waals surface area contributed by atoms with Crippen molar-refractivity contribution in [2.45, 2.75) is 31.2 Å². The topological polar surface area (TPSA) is 134 Å². The van der Waals surface area contributed by atoms with Crippen LogP contribution >= 0.6 is 22.9 Å². The van der Waals surface area contributed by atoms with Gasteiger partial charge in [-0.25, -0.2) is 4.98 Å². The zero-order chi connectivity index (χ0) is 29.3. The van der Waals surface area contributed by atoms with Gasteiger partial charge >= 0.3 is 12.1 Å². The van der Waals surface area contributed by atoms with Crippen LogP contribution in [-0.4, -0.2) is 46.5 Å². The molecule has 4 aromatic rings. The summed E-state index contributed by atoms with van der Waals surface area (Å²) in [7, 11) is 0. The number of alkyl halides is 3. The van der Waals surface area contributed by atoms with Gasteiger partial charge in [0, 0.05) is 21.5 Å². The normalized spacial score (nSPS) is 15.4. The minimum atomic E-state index is -4.81. The number of rotatable bonds is 8. The summed E-state index contributed by atoms with van der Waals surface area (Å²) in [4.78, 5) is 19.4. The van der Waals surface area contributed by atoms with Crippen LogP contribution in [0.25, 0.3) is 26.9 Å². The number of nitrogens with two attached hydrogens (primary N) is 2. The van der Waals surface area contributed by atoms with Crippen molar-refractivity contribution >= 4 is 50.6 Å². The van der Waals surface area contributed by atoms with E-state index in [0.29, 0.717) is 40.8 Å². The molecular weight excluding hydrogens is 581 g/mol. The van der Waals surface area contributed by atoms with E-state index in [2.05, 4.69) is 9.97 Å². The number of benzene rings is 2. The van der Waals surface area contributed by atoms with Crippen LogP contribution in [0.15, 0.2) is 53.9 Å². The zero-order valence-electron chi connectivity index (χ0n) is 21.3. The van der Waals surface area contributed by atoms with Crippen molar-refractivity contribution in [1.82, 2.24) is 9.97 Å². The van der Waals surface area contributed by atoms with Crippen LogP contribution in [0.5, 0.6) is 5.88 Å². The Labute approximate surface area is 241 Å². The summed E-state index contributed by atoms with van der Waals surface area (Å²) < 4.78 is 55.1. The molecule has 2 aromatic heterocycles. The lowest BCUT2D eigenvalue weighted by atomic mass is 9.94. The number of carboxylic acid groups (broad SMARTS) is 1. The van der Waals surface area contributed by atoms with E-state index in [-0.39, 0.29) is 45.7 Å². The third-order valence-corrected chi connectivity index (χ3v) is 7.71. The predicted molar refractivity (Wildman–Crippen MR) is 151 cm³/mol. The molecule has 5 rings (SSSR count). The van der Waals surface area contributed by atoms with E-state index >= 15 is 0 Å². The molecule has 8 nitrogen and oxygen atoms in total. The van der Waals surface area contributed by atoms with Crippen molar-refractivity contribution in [2.75, 3.05) is 18.9 Å². The van der Waals surface area contributed by atoms with Crippen molar-refractivity contribution in [2.24, 2.45) is 5.73 Å². The first kappa shape index (κ1) is 28.8. The number of anilines is 1. The number of carboxylic acids is 1. The first-order valence-corrected chi connectivity index (χ1v) is 13.7. The van der Waals surface area contributed by atoms with Crippen molar-refractivity contribution in [3.63, 3.8) is 0 Å². The van der Waals surface area contributed by atoms with Gasteiger partial charge in [-0.3, -0.25) is 4.79 Å². The van der Waals surface area contributed by atoms with E-state index < -0.39 is 24.3 Å². The highest BCUT2D eigenvalue weighted by molar-refractivity contribution is 7.18. The minimum Gasteiger partial charge on any atom is -0.480 e. The van der Waals surface area contributed by atoms with Crippen molar-refractivity contribution < 1.29 is 32.5 Å². The fraction of sp³-hybridized carbons (Fsp3) is 0.250. The number of ether oxygens (including phenoxy) is 2. The fourth-order valence-corrected chi connectivity index (χ4v) is 5.67. The van der Waals surface area contributed by atoms with Crippen LogP contribution in [0.3, 0.4) is 0 Å². The molecule has 5 N–H and O–H groups in total. The molecule has 0 aliphatic carbocycles. The molecule has 0 fully saturated rings. The van der Waals surface area contributed by atoms with Gasteiger partial charge in [0.15, 0.2) is 0 Å². The van der Waals surface area contributed by atoms with E-state index in [1.165, 1.54) is 18.2 Å². The minimum absolute atomic E-state index is 0.129.